The van der Waals surface area contributed by atoms with E-state index in [1.165, 1.54) is 0 Å². The monoisotopic (exact) mass is 256 g/mol. The van der Waals surface area contributed by atoms with Crippen LogP contribution in [0, 0.1) is 0 Å². The van der Waals surface area contributed by atoms with Crippen LogP contribution in [0.1, 0.15) is 0 Å². The highest BCUT2D eigenvalue weighted by Gasteiger charge is 2.44. The zero-order valence-electron chi connectivity index (χ0n) is 9.59. The standard InChI is InChI=1S/C12H16O6/c13-6-8-9(14)10(15)11(16)12(18-8)17-7-4-2-1-3-5-7/h1-5,8-16H,6H2/t8?,9-,10+,11?,12-/m1/s1. The van der Waals surface area contributed by atoms with Crippen molar-refractivity contribution < 1.29 is 29.9 Å². The van der Waals surface area contributed by atoms with Crippen LogP contribution >= 0.6 is 0 Å². The van der Waals surface area contributed by atoms with E-state index < -0.39 is 37.3 Å². The molecule has 0 spiro atoms. The van der Waals surface area contributed by atoms with Gasteiger partial charge in [0.25, 0.3) is 0 Å². The molecule has 6 nitrogen and oxygen atoms in total. The summed E-state index contributed by atoms with van der Waals surface area (Å²) in [5.74, 6) is 0.460. The van der Waals surface area contributed by atoms with Gasteiger partial charge in [-0.05, 0) is 12.1 Å². The first-order chi connectivity index (χ1) is 8.63. The SMILES string of the molecule is OCC1O[C@@H](Oc2ccccc2)C(O)[C@@H](O)[C@@H]1O. The van der Waals surface area contributed by atoms with Gasteiger partial charge in [-0.25, -0.2) is 0 Å². The van der Waals surface area contributed by atoms with Crippen molar-refractivity contribution >= 4 is 0 Å². The minimum Gasteiger partial charge on any atom is -0.462 e. The number of hydrogen-bond acceptors (Lipinski definition) is 6. The van der Waals surface area contributed by atoms with Crippen LogP contribution in [0.4, 0.5) is 0 Å². The van der Waals surface area contributed by atoms with Gasteiger partial charge >= 0.3 is 0 Å². The second-order valence-corrected chi connectivity index (χ2v) is 4.13. The van der Waals surface area contributed by atoms with E-state index in [4.69, 9.17) is 14.6 Å². The van der Waals surface area contributed by atoms with E-state index in [1.54, 1.807) is 30.3 Å². The number of aliphatic hydroxyl groups excluding tert-OH is 4. The number of ether oxygens (including phenoxy) is 2. The van der Waals surface area contributed by atoms with Gasteiger partial charge < -0.3 is 29.9 Å². The predicted molar refractivity (Wildman–Crippen MR) is 60.8 cm³/mol. The molecule has 0 radical (unpaired) electrons. The number of para-hydroxylation sites is 1. The van der Waals surface area contributed by atoms with Gasteiger partial charge in [0.05, 0.1) is 6.61 Å². The summed E-state index contributed by atoms with van der Waals surface area (Å²) in [6.45, 7) is -0.473. The molecular formula is C12H16O6. The Hall–Kier alpha value is -1.18. The van der Waals surface area contributed by atoms with E-state index in [9.17, 15) is 15.3 Å². The summed E-state index contributed by atoms with van der Waals surface area (Å²) in [5.41, 5.74) is 0. The third-order valence-corrected chi connectivity index (χ3v) is 2.84. The smallest absolute Gasteiger partial charge is 0.229 e. The molecular weight excluding hydrogens is 240 g/mol. The predicted octanol–water partition coefficient (Wildman–Crippen LogP) is -1.13. The highest BCUT2D eigenvalue weighted by molar-refractivity contribution is 5.21. The Morgan fingerprint density at radius 2 is 1.67 bits per heavy atom. The van der Waals surface area contributed by atoms with Gasteiger partial charge in [0.15, 0.2) is 0 Å². The van der Waals surface area contributed by atoms with Crippen LogP contribution in [0.3, 0.4) is 0 Å². The van der Waals surface area contributed by atoms with Crippen molar-refractivity contribution in [3.8, 4) is 5.75 Å². The van der Waals surface area contributed by atoms with Gasteiger partial charge in [0.2, 0.25) is 6.29 Å². The quantitative estimate of drug-likeness (QED) is 0.546. The molecule has 0 bridgehead atoms. The largest absolute Gasteiger partial charge is 0.462 e. The summed E-state index contributed by atoms with van der Waals surface area (Å²) >= 11 is 0. The van der Waals surface area contributed by atoms with Crippen molar-refractivity contribution in [2.75, 3.05) is 6.61 Å². The molecule has 1 fully saturated rings. The minimum atomic E-state index is -1.43. The van der Waals surface area contributed by atoms with E-state index in [1.807, 2.05) is 0 Å². The Morgan fingerprint density at radius 3 is 2.28 bits per heavy atom. The highest BCUT2D eigenvalue weighted by atomic mass is 16.7. The zero-order valence-corrected chi connectivity index (χ0v) is 9.59. The summed E-state index contributed by atoms with van der Waals surface area (Å²) in [7, 11) is 0. The second kappa shape index (κ2) is 5.64. The average molecular weight is 256 g/mol. The third kappa shape index (κ3) is 2.63. The van der Waals surface area contributed by atoms with Crippen molar-refractivity contribution in [2.45, 2.75) is 30.7 Å². The summed E-state index contributed by atoms with van der Waals surface area (Å²) in [5, 5.41) is 37.9. The van der Waals surface area contributed by atoms with E-state index in [0.29, 0.717) is 5.75 Å². The first-order valence-electron chi connectivity index (χ1n) is 5.65. The lowest BCUT2D eigenvalue weighted by atomic mass is 9.99. The zero-order chi connectivity index (χ0) is 13.1. The average Bonchev–Trinajstić information content (AvgIpc) is 2.40. The Kier molecular flexibility index (Phi) is 4.15. The van der Waals surface area contributed by atoms with Crippen LogP contribution < -0.4 is 4.74 Å². The van der Waals surface area contributed by atoms with Gasteiger partial charge in [0.1, 0.15) is 30.2 Å². The molecule has 1 aromatic carbocycles. The number of benzene rings is 1. The first-order valence-corrected chi connectivity index (χ1v) is 5.65. The van der Waals surface area contributed by atoms with Crippen molar-refractivity contribution in [2.24, 2.45) is 0 Å². The van der Waals surface area contributed by atoms with Crippen LogP contribution in [0.2, 0.25) is 0 Å². The normalized spacial score (nSPS) is 36.3. The molecule has 0 amide bonds. The van der Waals surface area contributed by atoms with Crippen molar-refractivity contribution in [3.63, 3.8) is 0 Å². The highest BCUT2D eigenvalue weighted by Crippen LogP contribution is 2.23. The van der Waals surface area contributed by atoms with Crippen LogP contribution in [0.15, 0.2) is 30.3 Å². The molecule has 4 N–H and O–H groups in total. The lowest BCUT2D eigenvalue weighted by Gasteiger charge is -2.39. The molecule has 0 aromatic heterocycles. The van der Waals surface area contributed by atoms with Crippen molar-refractivity contribution in [1.82, 2.24) is 0 Å². The molecule has 1 aliphatic rings. The fourth-order valence-electron chi connectivity index (χ4n) is 1.80. The van der Waals surface area contributed by atoms with Crippen molar-refractivity contribution in [1.29, 1.82) is 0 Å². The molecule has 1 heterocycles. The van der Waals surface area contributed by atoms with E-state index >= 15 is 0 Å². The Balaban J connectivity index is 2.08. The molecule has 2 rings (SSSR count). The molecule has 0 aliphatic carbocycles. The van der Waals surface area contributed by atoms with Gasteiger partial charge in [-0.1, -0.05) is 18.2 Å². The molecule has 6 heteroatoms. The summed E-state index contributed by atoms with van der Waals surface area (Å²) in [6, 6.07) is 8.64. The third-order valence-electron chi connectivity index (χ3n) is 2.84. The second-order valence-electron chi connectivity index (χ2n) is 4.13. The maximum Gasteiger partial charge on any atom is 0.229 e. The van der Waals surface area contributed by atoms with Crippen LogP contribution in [0.5, 0.6) is 5.75 Å². The molecule has 18 heavy (non-hydrogen) atoms. The molecule has 1 saturated heterocycles. The molecule has 5 atom stereocenters. The molecule has 1 aromatic rings. The van der Waals surface area contributed by atoms with E-state index in [2.05, 4.69) is 0 Å². The molecule has 0 saturated carbocycles. The minimum absolute atomic E-state index is 0.460. The maximum atomic E-state index is 9.74. The molecule has 2 unspecified atom stereocenters. The van der Waals surface area contributed by atoms with E-state index in [-0.39, 0.29) is 0 Å². The number of rotatable bonds is 3. The summed E-state index contributed by atoms with van der Waals surface area (Å²) in [6.07, 6.45) is -6.28. The Bertz CT molecular complexity index is 368. The van der Waals surface area contributed by atoms with E-state index in [0.717, 1.165) is 0 Å². The first kappa shape index (κ1) is 13.3. The fourth-order valence-corrected chi connectivity index (χ4v) is 1.80. The van der Waals surface area contributed by atoms with Gasteiger partial charge in [-0.3, -0.25) is 0 Å². The Morgan fingerprint density at radius 1 is 1.00 bits per heavy atom. The Labute approximate surface area is 104 Å². The fraction of sp³-hybridized carbons (Fsp3) is 0.500. The van der Waals surface area contributed by atoms with Crippen molar-refractivity contribution in [3.05, 3.63) is 30.3 Å². The van der Waals surface area contributed by atoms with Crippen LogP contribution in [-0.4, -0.2) is 57.7 Å². The molecule has 1 aliphatic heterocycles. The van der Waals surface area contributed by atoms with Gasteiger partial charge in [0, 0.05) is 0 Å². The topological polar surface area (TPSA) is 99.4 Å². The number of aliphatic hydroxyl groups is 4. The van der Waals surface area contributed by atoms with Crippen LogP contribution in [0.25, 0.3) is 0 Å². The summed E-state index contributed by atoms with van der Waals surface area (Å²) < 4.78 is 10.6. The van der Waals surface area contributed by atoms with Crippen LogP contribution in [-0.2, 0) is 4.74 Å². The van der Waals surface area contributed by atoms with Gasteiger partial charge in [-0.15, -0.1) is 0 Å². The molecule has 100 valence electrons. The number of hydrogen-bond donors (Lipinski definition) is 4. The maximum absolute atomic E-state index is 9.74. The lowest BCUT2D eigenvalue weighted by molar-refractivity contribution is -0.277. The lowest BCUT2D eigenvalue weighted by Crippen LogP contribution is -2.60. The van der Waals surface area contributed by atoms with Gasteiger partial charge in [-0.2, -0.15) is 0 Å². The summed E-state index contributed by atoms with van der Waals surface area (Å²) in [4.78, 5) is 0.